The molecule has 1 saturated heterocycles. The molecule has 0 unspecified atom stereocenters. The van der Waals surface area contributed by atoms with Crippen molar-refractivity contribution in [3.63, 3.8) is 0 Å². The van der Waals surface area contributed by atoms with Crippen LogP contribution in [0.1, 0.15) is 13.3 Å². The third-order valence-electron chi connectivity index (χ3n) is 2.80. The van der Waals surface area contributed by atoms with Crippen LogP contribution in [0.25, 0.3) is 0 Å². The summed E-state index contributed by atoms with van der Waals surface area (Å²) in [6.45, 7) is 5.58. The van der Waals surface area contributed by atoms with Gasteiger partial charge in [0.1, 0.15) is 0 Å². The lowest BCUT2D eigenvalue weighted by atomic mass is 10.2. The van der Waals surface area contributed by atoms with Gasteiger partial charge in [0.2, 0.25) is 0 Å². The summed E-state index contributed by atoms with van der Waals surface area (Å²) in [5.41, 5.74) is 1.35. The SMILES string of the molecule is CCN[C@@H]1CCN(c2ccccc2)C1. The van der Waals surface area contributed by atoms with Crippen molar-refractivity contribution in [1.29, 1.82) is 0 Å². The minimum absolute atomic E-state index is 0.681. The predicted octanol–water partition coefficient (Wildman–Crippen LogP) is 1.87. The van der Waals surface area contributed by atoms with Crippen molar-refractivity contribution in [2.45, 2.75) is 19.4 Å². The molecule has 0 aromatic heterocycles. The van der Waals surface area contributed by atoms with Crippen LogP contribution >= 0.6 is 0 Å². The molecule has 14 heavy (non-hydrogen) atoms. The molecule has 76 valence electrons. The van der Waals surface area contributed by atoms with E-state index >= 15 is 0 Å². The molecule has 1 N–H and O–H groups in total. The Morgan fingerprint density at radius 3 is 2.86 bits per heavy atom. The molecule has 2 rings (SSSR count). The Labute approximate surface area is 85.9 Å². The predicted molar refractivity (Wildman–Crippen MR) is 60.7 cm³/mol. The van der Waals surface area contributed by atoms with Crippen molar-refractivity contribution < 1.29 is 0 Å². The van der Waals surface area contributed by atoms with E-state index in [9.17, 15) is 0 Å². The summed E-state index contributed by atoms with van der Waals surface area (Å²) in [7, 11) is 0. The molecule has 0 amide bonds. The van der Waals surface area contributed by atoms with Gasteiger partial charge in [-0.3, -0.25) is 0 Å². The largest absolute Gasteiger partial charge is 0.370 e. The minimum Gasteiger partial charge on any atom is -0.370 e. The maximum atomic E-state index is 3.50. The van der Waals surface area contributed by atoms with Gasteiger partial charge < -0.3 is 10.2 Å². The fourth-order valence-corrected chi connectivity index (χ4v) is 2.09. The summed E-state index contributed by atoms with van der Waals surface area (Å²) in [5, 5.41) is 3.50. The van der Waals surface area contributed by atoms with Crippen LogP contribution < -0.4 is 10.2 Å². The molecule has 0 saturated carbocycles. The second-order valence-corrected chi connectivity index (χ2v) is 3.82. The zero-order valence-electron chi connectivity index (χ0n) is 8.74. The van der Waals surface area contributed by atoms with Gasteiger partial charge in [-0.25, -0.2) is 0 Å². The third kappa shape index (κ3) is 2.07. The first-order valence-corrected chi connectivity index (χ1v) is 5.43. The number of benzene rings is 1. The van der Waals surface area contributed by atoms with Gasteiger partial charge in [0.25, 0.3) is 0 Å². The van der Waals surface area contributed by atoms with Gasteiger partial charge in [0, 0.05) is 24.8 Å². The standard InChI is InChI=1S/C12H18N2/c1-2-13-11-8-9-14(10-11)12-6-4-3-5-7-12/h3-7,11,13H,2,8-10H2,1H3/t11-/m1/s1. The van der Waals surface area contributed by atoms with Gasteiger partial charge >= 0.3 is 0 Å². The lowest BCUT2D eigenvalue weighted by Crippen LogP contribution is -2.32. The van der Waals surface area contributed by atoms with E-state index in [1.54, 1.807) is 0 Å². The van der Waals surface area contributed by atoms with Crippen LogP contribution in [0.5, 0.6) is 0 Å². The van der Waals surface area contributed by atoms with Crippen molar-refractivity contribution in [2.24, 2.45) is 0 Å². The fraction of sp³-hybridized carbons (Fsp3) is 0.500. The van der Waals surface area contributed by atoms with Crippen LogP contribution in [-0.4, -0.2) is 25.7 Å². The Balaban J connectivity index is 1.96. The smallest absolute Gasteiger partial charge is 0.0366 e. The molecule has 1 atom stereocenters. The van der Waals surface area contributed by atoms with Crippen molar-refractivity contribution in [3.8, 4) is 0 Å². The van der Waals surface area contributed by atoms with Crippen molar-refractivity contribution >= 4 is 5.69 Å². The van der Waals surface area contributed by atoms with E-state index in [0.29, 0.717) is 6.04 Å². The normalized spacial score (nSPS) is 21.5. The molecular formula is C12H18N2. The Kier molecular flexibility index (Phi) is 3.04. The van der Waals surface area contributed by atoms with Gasteiger partial charge in [-0.05, 0) is 25.1 Å². The van der Waals surface area contributed by atoms with Gasteiger partial charge in [0.15, 0.2) is 0 Å². The molecule has 1 aliphatic rings. The highest BCUT2D eigenvalue weighted by molar-refractivity contribution is 5.47. The molecule has 1 fully saturated rings. The van der Waals surface area contributed by atoms with Crippen LogP contribution in [0.3, 0.4) is 0 Å². The summed E-state index contributed by atoms with van der Waals surface area (Å²) in [4.78, 5) is 2.45. The first kappa shape index (κ1) is 9.53. The molecule has 0 bridgehead atoms. The van der Waals surface area contributed by atoms with Crippen molar-refractivity contribution in [3.05, 3.63) is 30.3 Å². The van der Waals surface area contributed by atoms with Crippen LogP contribution in [0, 0.1) is 0 Å². The van der Waals surface area contributed by atoms with Crippen LogP contribution in [0.4, 0.5) is 5.69 Å². The fourth-order valence-electron chi connectivity index (χ4n) is 2.09. The Bertz CT molecular complexity index is 271. The molecule has 1 aromatic rings. The highest BCUT2D eigenvalue weighted by Gasteiger charge is 2.21. The Morgan fingerprint density at radius 1 is 1.36 bits per heavy atom. The van der Waals surface area contributed by atoms with Crippen LogP contribution in [0.2, 0.25) is 0 Å². The average Bonchev–Trinajstić information content (AvgIpc) is 2.68. The maximum absolute atomic E-state index is 3.50. The lowest BCUT2D eigenvalue weighted by molar-refractivity contribution is 0.572. The quantitative estimate of drug-likeness (QED) is 0.783. The second-order valence-electron chi connectivity index (χ2n) is 3.82. The number of hydrogen-bond acceptors (Lipinski definition) is 2. The van der Waals surface area contributed by atoms with E-state index < -0.39 is 0 Å². The van der Waals surface area contributed by atoms with Crippen LogP contribution in [-0.2, 0) is 0 Å². The summed E-state index contributed by atoms with van der Waals surface area (Å²) < 4.78 is 0. The topological polar surface area (TPSA) is 15.3 Å². The first-order valence-electron chi connectivity index (χ1n) is 5.43. The van der Waals surface area contributed by atoms with Crippen molar-refractivity contribution in [1.82, 2.24) is 5.32 Å². The number of anilines is 1. The molecule has 1 aliphatic heterocycles. The van der Waals surface area contributed by atoms with E-state index in [4.69, 9.17) is 0 Å². The second kappa shape index (κ2) is 4.47. The zero-order valence-corrected chi connectivity index (χ0v) is 8.74. The van der Waals surface area contributed by atoms with Gasteiger partial charge in [-0.15, -0.1) is 0 Å². The molecule has 2 heteroatoms. The molecule has 0 spiro atoms. The Hall–Kier alpha value is -1.02. The van der Waals surface area contributed by atoms with E-state index in [1.807, 2.05) is 0 Å². The molecule has 0 radical (unpaired) electrons. The van der Waals surface area contributed by atoms with Gasteiger partial charge in [-0.1, -0.05) is 25.1 Å². The lowest BCUT2D eigenvalue weighted by Gasteiger charge is -2.18. The maximum Gasteiger partial charge on any atom is 0.0366 e. The summed E-state index contributed by atoms with van der Waals surface area (Å²) >= 11 is 0. The van der Waals surface area contributed by atoms with Crippen LogP contribution in [0.15, 0.2) is 30.3 Å². The van der Waals surface area contributed by atoms with E-state index in [2.05, 4.69) is 47.5 Å². The summed E-state index contributed by atoms with van der Waals surface area (Å²) in [6, 6.07) is 11.3. The van der Waals surface area contributed by atoms with Crippen molar-refractivity contribution in [2.75, 3.05) is 24.5 Å². The monoisotopic (exact) mass is 190 g/mol. The number of likely N-dealkylation sites (N-methyl/N-ethyl adjacent to an activating group) is 1. The summed E-state index contributed by atoms with van der Waals surface area (Å²) in [6.07, 6.45) is 1.27. The van der Waals surface area contributed by atoms with E-state index in [0.717, 1.165) is 13.1 Å². The number of rotatable bonds is 3. The average molecular weight is 190 g/mol. The number of nitrogens with one attached hydrogen (secondary N) is 1. The highest BCUT2D eigenvalue weighted by Crippen LogP contribution is 2.19. The number of para-hydroxylation sites is 1. The number of nitrogens with zero attached hydrogens (tertiary/aromatic N) is 1. The zero-order chi connectivity index (χ0) is 9.80. The number of hydrogen-bond donors (Lipinski definition) is 1. The Morgan fingerprint density at radius 2 is 2.14 bits per heavy atom. The van der Waals surface area contributed by atoms with E-state index in [-0.39, 0.29) is 0 Å². The minimum atomic E-state index is 0.681. The molecule has 1 aromatic carbocycles. The van der Waals surface area contributed by atoms with Gasteiger partial charge in [-0.2, -0.15) is 0 Å². The van der Waals surface area contributed by atoms with Gasteiger partial charge in [0.05, 0.1) is 0 Å². The third-order valence-corrected chi connectivity index (χ3v) is 2.80. The molecule has 1 heterocycles. The van der Waals surface area contributed by atoms with E-state index in [1.165, 1.54) is 18.7 Å². The first-order chi connectivity index (χ1) is 6.90. The highest BCUT2D eigenvalue weighted by atomic mass is 15.2. The molecule has 2 nitrogen and oxygen atoms in total. The molecular weight excluding hydrogens is 172 g/mol. The molecule has 0 aliphatic carbocycles. The summed E-state index contributed by atoms with van der Waals surface area (Å²) in [5.74, 6) is 0.